The van der Waals surface area contributed by atoms with Crippen LogP contribution in [0.25, 0.3) is 0 Å². The Morgan fingerprint density at radius 3 is 2.40 bits per heavy atom. The first-order valence-electron chi connectivity index (χ1n) is 6.07. The highest BCUT2D eigenvalue weighted by Gasteiger charge is 2.06. The van der Waals surface area contributed by atoms with E-state index in [2.05, 4.69) is 15.9 Å². The van der Waals surface area contributed by atoms with Crippen molar-refractivity contribution in [2.45, 2.75) is 13.2 Å². The molecule has 0 heterocycles. The minimum atomic E-state index is -0.402. The van der Waals surface area contributed by atoms with Crippen LogP contribution in [0.3, 0.4) is 0 Å². The van der Waals surface area contributed by atoms with E-state index < -0.39 is 5.82 Å². The molecule has 0 saturated carbocycles. The molecule has 2 aromatic rings. The second kappa shape index (κ2) is 6.72. The fraction of sp³-hybridized carbons (Fsp3) is 0.200. The Morgan fingerprint density at radius 1 is 1.10 bits per heavy atom. The predicted octanol–water partition coefficient (Wildman–Crippen LogP) is 3.63. The molecule has 0 fully saturated rings. The van der Waals surface area contributed by atoms with E-state index in [1.165, 1.54) is 6.07 Å². The molecule has 0 aliphatic rings. The maximum absolute atomic E-state index is 13.7. The predicted molar refractivity (Wildman–Crippen MR) is 79.3 cm³/mol. The lowest BCUT2D eigenvalue weighted by molar-refractivity contribution is 0.290. The maximum atomic E-state index is 13.7. The summed E-state index contributed by atoms with van der Waals surface area (Å²) in [4.78, 5) is 0. The zero-order valence-corrected chi connectivity index (χ0v) is 12.6. The summed E-state index contributed by atoms with van der Waals surface area (Å²) >= 11 is 3.40. The molecule has 3 nitrogen and oxygen atoms in total. The van der Waals surface area contributed by atoms with Crippen LogP contribution in [0.2, 0.25) is 0 Å². The van der Waals surface area contributed by atoms with Crippen molar-refractivity contribution in [3.8, 4) is 11.5 Å². The van der Waals surface area contributed by atoms with E-state index >= 15 is 0 Å². The van der Waals surface area contributed by atoms with Crippen molar-refractivity contribution in [3.05, 3.63) is 57.8 Å². The summed E-state index contributed by atoms with van der Waals surface area (Å²) in [6.45, 7) is 0.587. The van der Waals surface area contributed by atoms with E-state index in [-0.39, 0.29) is 12.4 Å². The Bertz CT molecular complexity index is 604. The third-order valence-electron chi connectivity index (χ3n) is 2.84. The van der Waals surface area contributed by atoms with Crippen molar-refractivity contribution in [1.82, 2.24) is 0 Å². The highest BCUT2D eigenvalue weighted by molar-refractivity contribution is 9.10. The van der Waals surface area contributed by atoms with Gasteiger partial charge >= 0.3 is 0 Å². The topological polar surface area (TPSA) is 44.5 Å². The van der Waals surface area contributed by atoms with Crippen LogP contribution in [0.15, 0.2) is 40.9 Å². The van der Waals surface area contributed by atoms with Gasteiger partial charge in [0, 0.05) is 6.54 Å². The first kappa shape index (κ1) is 14.8. The van der Waals surface area contributed by atoms with Crippen LogP contribution < -0.4 is 15.2 Å². The van der Waals surface area contributed by atoms with E-state index in [1.54, 1.807) is 19.2 Å². The first-order chi connectivity index (χ1) is 9.63. The number of hydrogen-bond donors (Lipinski definition) is 1. The van der Waals surface area contributed by atoms with Gasteiger partial charge in [0.25, 0.3) is 0 Å². The number of rotatable bonds is 5. The molecule has 0 aliphatic heterocycles. The molecule has 2 rings (SSSR count). The summed E-state index contributed by atoms with van der Waals surface area (Å²) in [6, 6.07) is 10.3. The van der Waals surface area contributed by atoms with E-state index in [4.69, 9.17) is 15.2 Å². The molecule has 5 heteroatoms. The van der Waals surface area contributed by atoms with Gasteiger partial charge in [-0.1, -0.05) is 12.1 Å². The first-order valence-corrected chi connectivity index (χ1v) is 6.87. The fourth-order valence-corrected chi connectivity index (χ4v) is 2.34. The Morgan fingerprint density at radius 2 is 1.80 bits per heavy atom. The molecule has 0 radical (unpaired) electrons. The highest BCUT2D eigenvalue weighted by atomic mass is 79.9. The summed E-state index contributed by atoms with van der Waals surface area (Å²) < 4.78 is 25.2. The summed E-state index contributed by atoms with van der Waals surface area (Å²) in [6.07, 6.45) is 0. The molecule has 0 bridgehead atoms. The number of halogens is 2. The Hall–Kier alpha value is -1.59. The zero-order chi connectivity index (χ0) is 14.5. The van der Waals surface area contributed by atoms with E-state index in [9.17, 15) is 4.39 Å². The van der Waals surface area contributed by atoms with E-state index in [0.717, 1.165) is 21.3 Å². The van der Waals surface area contributed by atoms with Gasteiger partial charge in [0.1, 0.15) is 12.4 Å². The van der Waals surface area contributed by atoms with Crippen molar-refractivity contribution in [1.29, 1.82) is 0 Å². The molecule has 0 unspecified atom stereocenters. The number of benzene rings is 2. The van der Waals surface area contributed by atoms with Gasteiger partial charge < -0.3 is 15.2 Å². The largest absolute Gasteiger partial charge is 0.496 e. The fourth-order valence-electron chi connectivity index (χ4n) is 1.75. The third-order valence-corrected chi connectivity index (χ3v) is 3.46. The smallest absolute Gasteiger partial charge is 0.165 e. The van der Waals surface area contributed by atoms with Crippen molar-refractivity contribution in [3.63, 3.8) is 0 Å². The maximum Gasteiger partial charge on any atom is 0.165 e. The SMILES string of the molecule is COc1ccc(COc2ccc(CN)cc2F)cc1Br. The molecule has 20 heavy (non-hydrogen) atoms. The molecule has 106 valence electrons. The summed E-state index contributed by atoms with van der Waals surface area (Å²) in [5.74, 6) is 0.557. The van der Waals surface area contributed by atoms with Crippen molar-refractivity contribution >= 4 is 15.9 Å². The lowest BCUT2D eigenvalue weighted by Gasteiger charge is -2.10. The molecule has 0 amide bonds. The molecule has 0 aromatic heterocycles. The van der Waals surface area contributed by atoms with Gasteiger partial charge in [-0.3, -0.25) is 0 Å². The normalized spacial score (nSPS) is 10.4. The molecular formula is C15H15BrFNO2. The Kier molecular flexibility index (Phi) is 4.98. The van der Waals surface area contributed by atoms with Gasteiger partial charge in [0.15, 0.2) is 11.6 Å². The van der Waals surface area contributed by atoms with Gasteiger partial charge in [-0.2, -0.15) is 0 Å². The van der Waals surface area contributed by atoms with Crippen molar-refractivity contribution < 1.29 is 13.9 Å². The average Bonchev–Trinajstić information content (AvgIpc) is 2.46. The van der Waals surface area contributed by atoms with E-state index in [0.29, 0.717) is 6.54 Å². The summed E-state index contributed by atoms with van der Waals surface area (Å²) in [7, 11) is 1.60. The van der Waals surface area contributed by atoms with Crippen LogP contribution in [0.5, 0.6) is 11.5 Å². The zero-order valence-electron chi connectivity index (χ0n) is 11.0. The van der Waals surface area contributed by atoms with Crippen LogP contribution in [-0.2, 0) is 13.2 Å². The van der Waals surface area contributed by atoms with Crippen LogP contribution in [-0.4, -0.2) is 7.11 Å². The third kappa shape index (κ3) is 3.49. The monoisotopic (exact) mass is 339 g/mol. The number of ether oxygens (including phenoxy) is 2. The highest BCUT2D eigenvalue weighted by Crippen LogP contribution is 2.26. The van der Waals surface area contributed by atoms with Gasteiger partial charge in [-0.25, -0.2) is 4.39 Å². The molecule has 0 spiro atoms. The number of nitrogens with two attached hydrogens (primary N) is 1. The summed E-state index contributed by atoms with van der Waals surface area (Å²) in [5.41, 5.74) is 7.11. The molecule has 0 aliphatic carbocycles. The van der Waals surface area contributed by atoms with Gasteiger partial charge in [0.2, 0.25) is 0 Å². The van der Waals surface area contributed by atoms with E-state index in [1.807, 2.05) is 18.2 Å². The Labute approximate surface area is 125 Å². The minimum absolute atomic E-state index is 0.217. The second-order valence-corrected chi connectivity index (χ2v) is 5.08. The van der Waals surface area contributed by atoms with Gasteiger partial charge in [0.05, 0.1) is 11.6 Å². The van der Waals surface area contributed by atoms with Crippen LogP contribution >= 0.6 is 15.9 Å². The number of methoxy groups -OCH3 is 1. The van der Waals surface area contributed by atoms with Crippen LogP contribution in [0.4, 0.5) is 4.39 Å². The molecule has 0 atom stereocenters. The average molecular weight is 340 g/mol. The summed E-state index contributed by atoms with van der Waals surface area (Å²) in [5, 5.41) is 0. The standard InChI is InChI=1S/C15H15BrFNO2/c1-19-14-4-3-11(6-12(14)16)9-20-15-5-2-10(8-18)7-13(15)17/h2-7H,8-9,18H2,1H3. The van der Waals surface area contributed by atoms with Crippen LogP contribution in [0, 0.1) is 5.82 Å². The second-order valence-electron chi connectivity index (χ2n) is 4.23. The van der Waals surface area contributed by atoms with Gasteiger partial charge in [-0.15, -0.1) is 0 Å². The number of hydrogen-bond acceptors (Lipinski definition) is 3. The van der Waals surface area contributed by atoms with Crippen molar-refractivity contribution in [2.75, 3.05) is 7.11 Å². The lowest BCUT2D eigenvalue weighted by atomic mass is 10.2. The quantitative estimate of drug-likeness (QED) is 0.904. The Balaban J connectivity index is 2.07. The van der Waals surface area contributed by atoms with Crippen molar-refractivity contribution in [2.24, 2.45) is 5.73 Å². The van der Waals surface area contributed by atoms with Gasteiger partial charge in [-0.05, 0) is 51.3 Å². The molecule has 2 aromatic carbocycles. The van der Waals surface area contributed by atoms with Crippen LogP contribution in [0.1, 0.15) is 11.1 Å². The molecule has 2 N–H and O–H groups in total. The lowest BCUT2D eigenvalue weighted by Crippen LogP contribution is -2.00. The minimum Gasteiger partial charge on any atom is -0.496 e. The molecule has 0 saturated heterocycles. The molecular weight excluding hydrogens is 325 g/mol.